The van der Waals surface area contributed by atoms with Gasteiger partial charge in [0.05, 0.1) is 0 Å². The summed E-state index contributed by atoms with van der Waals surface area (Å²) in [6.45, 7) is 2.38. The molecule has 0 heterocycles. The number of carbonyl (C=O) groups excluding carboxylic acids is 2. The molecule has 0 aromatic heterocycles. The summed E-state index contributed by atoms with van der Waals surface area (Å²) in [7, 11) is 0. The molecule has 4 nitrogen and oxygen atoms in total. The smallest absolute Gasteiger partial charge is 0.241 e. The van der Waals surface area contributed by atoms with Crippen LogP contribution in [0.3, 0.4) is 0 Å². The van der Waals surface area contributed by atoms with Crippen molar-refractivity contribution in [1.29, 1.82) is 0 Å². The Balaban J connectivity index is 3.37. The number of carbonyl (C=O) groups is 2. The topological polar surface area (TPSA) is 86.2 Å². The van der Waals surface area contributed by atoms with Gasteiger partial charge in [0.2, 0.25) is 11.8 Å². The Hall–Kier alpha value is -1.58. The molecule has 0 aliphatic carbocycles. The first-order valence-electron chi connectivity index (χ1n) is 21.5. The van der Waals surface area contributed by atoms with Gasteiger partial charge in [-0.3, -0.25) is 9.59 Å². The standard InChI is InChI=1S/C44H84N2O2/c1-2-37-42(38-33-29-25-21-17-13-9-5-3-7-11-15-19-23-27-31-35-40-43(45)47)39-34-30-26-22-18-14-10-6-4-8-12-16-20-24-28-32-36-41-44(46)48/h35-36,40-42H,2-34,37-39H2,1H3,(H2,45,47)(H2,46,48). The van der Waals surface area contributed by atoms with Crippen molar-refractivity contribution in [3.63, 3.8) is 0 Å². The summed E-state index contributed by atoms with van der Waals surface area (Å²) in [4.78, 5) is 21.3. The normalized spacial score (nSPS) is 12.4. The summed E-state index contributed by atoms with van der Waals surface area (Å²) >= 11 is 0. The van der Waals surface area contributed by atoms with Crippen molar-refractivity contribution in [1.82, 2.24) is 0 Å². The van der Waals surface area contributed by atoms with E-state index >= 15 is 0 Å². The lowest BCUT2D eigenvalue weighted by Gasteiger charge is -2.16. The maximum atomic E-state index is 10.7. The maximum absolute atomic E-state index is 10.7. The summed E-state index contributed by atoms with van der Waals surface area (Å²) in [6.07, 6.45) is 56.5. The highest BCUT2D eigenvalue weighted by atomic mass is 16.1. The number of primary amides is 2. The Bertz CT molecular complexity index is 673. The SMILES string of the molecule is CCCC(CCCCCCCCCCCCCCCCCC=CC(N)=O)CCCCCCCCCCCCCCCCCC=CC(N)=O. The molecule has 0 radical (unpaired) electrons. The number of hydrogen-bond donors (Lipinski definition) is 2. The Morgan fingerprint density at radius 1 is 0.375 bits per heavy atom. The zero-order valence-corrected chi connectivity index (χ0v) is 32.3. The predicted octanol–water partition coefficient (Wildman–Crippen LogP) is 13.7. The molecule has 0 unspecified atom stereocenters. The van der Waals surface area contributed by atoms with Crippen LogP contribution in [-0.2, 0) is 9.59 Å². The van der Waals surface area contributed by atoms with Crippen LogP contribution in [-0.4, -0.2) is 11.8 Å². The van der Waals surface area contributed by atoms with Crippen LogP contribution in [0.5, 0.6) is 0 Å². The number of amides is 2. The third-order valence-electron chi connectivity index (χ3n) is 10.2. The van der Waals surface area contributed by atoms with Gasteiger partial charge in [-0.05, 0) is 43.8 Å². The highest BCUT2D eigenvalue weighted by Gasteiger charge is 2.07. The highest BCUT2D eigenvalue weighted by molar-refractivity contribution is 5.85. The third kappa shape index (κ3) is 40.6. The van der Waals surface area contributed by atoms with Crippen molar-refractivity contribution < 1.29 is 9.59 Å². The van der Waals surface area contributed by atoms with Crippen LogP contribution >= 0.6 is 0 Å². The lowest BCUT2D eigenvalue weighted by atomic mass is 9.90. The van der Waals surface area contributed by atoms with E-state index in [4.69, 9.17) is 11.5 Å². The first-order chi connectivity index (χ1) is 23.6. The van der Waals surface area contributed by atoms with Crippen molar-refractivity contribution in [2.75, 3.05) is 0 Å². The van der Waals surface area contributed by atoms with Gasteiger partial charge in [0.25, 0.3) is 0 Å². The molecule has 282 valence electrons. The van der Waals surface area contributed by atoms with Gasteiger partial charge in [-0.2, -0.15) is 0 Å². The molecule has 2 amide bonds. The number of allylic oxidation sites excluding steroid dienone is 2. The van der Waals surface area contributed by atoms with E-state index < -0.39 is 0 Å². The number of unbranched alkanes of at least 4 members (excludes halogenated alkanes) is 30. The third-order valence-corrected chi connectivity index (χ3v) is 10.2. The van der Waals surface area contributed by atoms with E-state index in [2.05, 4.69) is 6.92 Å². The largest absolute Gasteiger partial charge is 0.366 e. The predicted molar refractivity (Wildman–Crippen MR) is 212 cm³/mol. The van der Waals surface area contributed by atoms with Crippen molar-refractivity contribution >= 4 is 11.8 Å². The second-order valence-electron chi connectivity index (χ2n) is 15.0. The van der Waals surface area contributed by atoms with Gasteiger partial charge in [-0.15, -0.1) is 0 Å². The zero-order chi connectivity index (χ0) is 35.0. The average molecular weight is 673 g/mol. The van der Waals surface area contributed by atoms with Crippen LogP contribution in [0.15, 0.2) is 24.3 Å². The summed E-state index contributed by atoms with van der Waals surface area (Å²) in [5.74, 6) is 0.328. The Kier molecular flexibility index (Phi) is 38.5. The molecule has 0 aliphatic heterocycles. The fourth-order valence-electron chi connectivity index (χ4n) is 7.23. The Morgan fingerprint density at radius 2 is 0.604 bits per heavy atom. The molecular formula is C44H84N2O2. The minimum atomic E-state index is -0.332. The van der Waals surface area contributed by atoms with Crippen LogP contribution in [0.1, 0.15) is 238 Å². The first-order valence-corrected chi connectivity index (χ1v) is 21.5. The number of hydrogen-bond acceptors (Lipinski definition) is 2. The summed E-state index contributed by atoms with van der Waals surface area (Å²) in [5.41, 5.74) is 10.2. The van der Waals surface area contributed by atoms with E-state index in [1.54, 1.807) is 0 Å². The van der Waals surface area contributed by atoms with E-state index in [-0.39, 0.29) is 11.8 Å². The molecule has 48 heavy (non-hydrogen) atoms. The number of rotatable bonds is 40. The fourth-order valence-corrected chi connectivity index (χ4v) is 7.23. The van der Waals surface area contributed by atoms with Crippen LogP contribution in [0.25, 0.3) is 0 Å². The molecule has 0 rings (SSSR count). The fraction of sp³-hybridized carbons (Fsp3) is 0.864. The lowest BCUT2D eigenvalue weighted by Crippen LogP contribution is -2.05. The maximum Gasteiger partial charge on any atom is 0.241 e. The van der Waals surface area contributed by atoms with E-state index in [0.717, 1.165) is 18.8 Å². The summed E-state index contributed by atoms with van der Waals surface area (Å²) in [5, 5.41) is 0. The Morgan fingerprint density at radius 3 is 0.833 bits per heavy atom. The summed E-state index contributed by atoms with van der Waals surface area (Å²) < 4.78 is 0. The molecule has 0 spiro atoms. The van der Waals surface area contributed by atoms with Crippen LogP contribution in [0, 0.1) is 5.92 Å². The zero-order valence-electron chi connectivity index (χ0n) is 32.3. The van der Waals surface area contributed by atoms with Crippen LogP contribution in [0.4, 0.5) is 0 Å². The van der Waals surface area contributed by atoms with Gasteiger partial charge in [0.1, 0.15) is 0 Å². The monoisotopic (exact) mass is 673 g/mol. The molecule has 0 fully saturated rings. The quantitative estimate of drug-likeness (QED) is 0.0501. The van der Waals surface area contributed by atoms with Crippen LogP contribution in [0.2, 0.25) is 0 Å². The van der Waals surface area contributed by atoms with E-state index in [1.807, 2.05) is 12.2 Å². The van der Waals surface area contributed by atoms with Gasteiger partial charge < -0.3 is 11.5 Å². The molecule has 4 N–H and O–H groups in total. The summed E-state index contributed by atoms with van der Waals surface area (Å²) in [6, 6.07) is 0. The molecule has 0 aliphatic rings. The van der Waals surface area contributed by atoms with Crippen molar-refractivity contribution in [3.05, 3.63) is 24.3 Å². The average Bonchev–Trinajstić information content (AvgIpc) is 3.06. The van der Waals surface area contributed by atoms with E-state index in [0.29, 0.717) is 0 Å². The minimum absolute atomic E-state index is 0.332. The van der Waals surface area contributed by atoms with Crippen molar-refractivity contribution in [2.45, 2.75) is 238 Å². The van der Waals surface area contributed by atoms with Gasteiger partial charge >= 0.3 is 0 Å². The highest BCUT2D eigenvalue weighted by Crippen LogP contribution is 2.24. The van der Waals surface area contributed by atoms with E-state index in [1.165, 1.54) is 230 Å². The molecule has 0 saturated carbocycles. The van der Waals surface area contributed by atoms with Crippen molar-refractivity contribution in [2.24, 2.45) is 17.4 Å². The molecule has 0 saturated heterocycles. The molecule has 0 aromatic rings. The van der Waals surface area contributed by atoms with Crippen LogP contribution < -0.4 is 11.5 Å². The number of nitrogens with two attached hydrogens (primary N) is 2. The lowest BCUT2D eigenvalue weighted by molar-refractivity contribution is -0.114. The van der Waals surface area contributed by atoms with Crippen molar-refractivity contribution in [3.8, 4) is 0 Å². The second-order valence-corrected chi connectivity index (χ2v) is 15.0. The molecule has 0 bridgehead atoms. The first kappa shape index (κ1) is 46.4. The Labute approximate surface area is 300 Å². The molecule has 4 heteroatoms. The van der Waals surface area contributed by atoms with Gasteiger partial charge in [-0.1, -0.05) is 225 Å². The molecule has 0 atom stereocenters. The molecule has 0 aromatic carbocycles. The van der Waals surface area contributed by atoms with Gasteiger partial charge in [0, 0.05) is 0 Å². The van der Waals surface area contributed by atoms with Gasteiger partial charge in [-0.25, -0.2) is 0 Å². The molecular weight excluding hydrogens is 588 g/mol. The second kappa shape index (κ2) is 39.9. The minimum Gasteiger partial charge on any atom is -0.366 e. The van der Waals surface area contributed by atoms with Gasteiger partial charge in [0.15, 0.2) is 0 Å². The van der Waals surface area contributed by atoms with E-state index in [9.17, 15) is 9.59 Å².